The molecule has 1 aromatic carbocycles. The van der Waals surface area contributed by atoms with Crippen LogP contribution in [-0.4, -0.2) is 49.6 Å². The Bertz CT molecular complexity index is 516. The summed E-state index contributed by atoms with van der Waals surface area (Å²) in [6, 6.07) is 5.91. The van der Waals surface area contributed by atoms with Crippen molar-refractivity contribution in [3.8, 4) is 0 Å². The monoisotopic (exact) mass is 290 g/mol. The maximum atomic E-state index is 12.3. The highest BCUT2D eigenvalue weighted by Crippen LogP contribution is 2.19. The van der Waals surface area contributed by atoms with E-state index in [-0.39, 0.29) is 18.4 Å². The van der Waals surface area contributed by atoms with Crippen molar-refractivity contribution in [2.75, 3.05) is 37.7 Å². The summed E-state index contributed by atoms with van der Waals surface area (Å²) in [7, 11) is 0. The molecular formula is C16H22N2O3. The summed E-state index contributed by atoms with van der Waals surface area (Å²) < 4.78 is 5.24. The van der Waals surface area contributed by atoms with Gasteiger partial charge in [0.25, 0.3) is 0 Å². The SMILES string of the molecule is CC(=O)N(CC(=O)N1CCOCC1)c1cc(C)cc(C)c1. The summed E-state index contributed by atoms with van der Waals surface area (Å²) in [6.45, 7) is 7.86. The van der Waals surface area contributed by atoms with Crippen LogP contribution in [0.5, 0.6) is 0 Å². The van der Waals surface area contributed by atoms with Crippen LogP contribution in [0.2, 0.25) is 0 Å². The zero-order valence-electron chi connectivity index (χ0n) is 12.9. The zero-order valence-corrected chi connectivity index (χ0v) is 12.9. The Balaban J connectivity index is 2.15. The Morgan fingerprint density at radius 2 is 1.71 bits per heavy atom. The maximum Gasteiger partial charge on any atom is 0.242 e. The first-order valence-electron chi connectivity index (χ1n) is 7.19. The number of amides is 2. The van der Waals surface area contributed by atoms with Gasteiger partial charge in [0.2, 0.25) is 11.8 Å². The van der Waals surface area contributed by atoms with Crippen molar-refractivity contribution in [3.05, 3.63) is 29.3 Å². The third-order valence-electron chi connectivity index (χ3n) is 3.56. The second-order valence-electron chi connectivity index (χ2n) is 5.44. The van der Waals surface area contributed by atoms with Crippen LogP contribution < -0.4 is 4.90 Å². The first kappa shape index (κ1) is 15.5. The largest absolute Gasteiger partial charge is 0.378 e. The topological polar surface area (TPSA) is 49.9 Å². The van der Waals surface area contributed by atoms with Gasteiger partial charge >= 0.3 is 0 Å². The quantitative estimate of drug-likeness (QED) is 0.848. The highest BCUT2D eigenvalue weighted by molar-refractivity contribution is 5.97. The van der Waals surface area contributed by atoms with Crippen molar-refractivity contribution < 1.29 is 14.3 Å². The van der Waals surface area contributed by atoms with Crippen LogP contribution in [0.1, 0.15) is 18.1 Å². The van der Waals surface area contributed by atoms with Gasteiger partial charge < -0.3 is 14.5 Å². The summed E-state index contributed by atoms with van der Waals surface area (Å²) in [4.78, 5) is 27.5. The van der Waals surface area contributed by atoms with Gasteiger partial charge in [-0.2, -0.15) is 0 Å². The van der Waals surface area contributed by atoms with E-state index in [1.165, 1.54) is 11.8 Å². The smallest absolute Gasteiger partial charge is 0.242 e. The average molecular weight is 290 g/mol. The fraction of sp³-hybridized carbons (Fsp3) is 0.500. The molecule has 0 N–H and O–H groups in total. The highest BCUT2D eigenvalue weighted by atomic mass is 16.5. The van der Waals surface area contributed by atoms with Crippen molar-refractivity contribution in [2.45, 2.75) is 20.8 Å². The summed E-state index contributed by atoms with van der Waals surface area (Å²) in [5, 5.41) is 0. The molecule has 0 atom stereocenters. The van der Waals surface area contributed by atoms with Crippen LogP contribution >= 0.6 is 0 Å². The Labute approximate surface area is 125 Å². The molecule has 0 aromatic heterocycles. The van der Waals surface area contributed by atoms with E-state index in [1.807, 2.05) is 32.0 Å². The third-order valence-corrected chi connectivity index (χ3v) is 3.56. The van der Waals surface area contributed by atoms with E-state index in [4.69, 9.17) is 4.74 Å². The number of morpholine rings is 1. The van der Waals surface area contributed by atoms with E-state index < -0.39 is 0 Å². The van der Waals surface area contributed by atoms with Gasteiger partial charge in [-0.05, 0) is 37.1 Å². The first-order chi connectivity index (χ1) is 9.97. The van der Waals surface area contributed by atoms with E-state index in [2.05, 4.69) is 0 Å². The molecule has 1 aliphatic rings. The lowest BCUT2D eigenvalue weighted by atomic mass is 10.1. The molecule has 1 saturated heterocycles. The fourth-order valence-electron chi connectivity index (χ4n) is 2.54. The Kier molecular flexibility index (Phi) is 4.96. The molecule has 0 saturated carbocycles. The van der Waals surface area contributed by atoms with Gasteiger partial charge in [0.15, 0.2) is 0 Å². The lowest BCUT2D eigenvalue weighted by molar-refractivity contribution is -0.134. The number of anilines is 1. The molecule has 0 bridgehead atoms. The molecule has 114 valence electrons. The molecule has 1 fully saturated rings. The van der Waals surface area contributed by atoms with Gasteiger partial charge in [-0.3, -0.25) is 9.59 Å². The minimum Gasteiger partial charge on any atom is -0.378 e. The number of benzene rings is 1. The van der Waals surface area contributed by atoms with Crippen molar-refractivity contribution in [1.82, 2.24) is 4.90 Å². The van der Waals surface area contributed by atoms with Gasteiger partial charge in [0, 0.05) is 25.7 Å². The molecule has 21 heavy (non-hydrogen) atoms. The minimum absolute atomic E-state index is 0.0346. The number of carbonyl (C=O) groups is 2. The Morgan fingerprint density at radius 1 is 1.14 bits per heavy atom. The van der Waals surface area contributed by atoms with E-state index in [0.29, 0.717) is 26.3 Å². The number of nitrogens with zero attached hydrogens (tertiary/aromatic N) is 2. The molecule has 0 unspecified atom stereocenters. The van der Waals surface area contributed by atoms with Gasteiger partial charge in [0.1, 0.15) is 6.54 Å². The van der Waals surface area contributed by atoms with E-state index >= 15 is 0 Å². The number of hydrogen-bond acceptors (Lipinski definition) is 3. The molecule has 0 spiro atoms. The molecule has 1 aliphatic heterocycles. The molecular weight excluding hydrogens is 268 g/mol. The summed E-state index contributed by atoms with van der Waals surface area (Å²) in [6.07, 6.45) is 0. The molecule has 1 heterocycles. The number of hydrogen-bond donors (Lipinski definition) is 0. The minimum atomic E-state index is -0.124. The molecule has 2 amide bonds. The summed E-state index contributed by atoms with van der Waals surface area (Å²) in [5.41, 5.74) is 2.94. The molecule has 0 aliphatic carbocycles. The third kappa shape index (κ3) is 4.04. The molecule has 5 heteroatoms. The molecule has 1 aromatic rings. The molecule has 0 radical (unpaired) electrons. The fourth-order valence-corrected chi connectivity index (χ4v) is 2.54. The van der Waals surface area contributed by atoms with Crippen molar-refractivity contribution in [2.24, 2.45) is 0 Å². The normalized spacial score (nSPS) is 14.9. The van der Waals surface area contributed by atoms with Gasteiger partial charge in [-0.15, -0.1) is 0 Å². The maximum absolute atomic E-state index is 12.3. The highest BCUT2D eigenvalue weighted by Gasteiger charge is 2.22. The molecule has 5 nitrogen and oxygen atoms in total. The second kappa shape index (κ2) is 6.72. The Morgan fingerprint density at radius 3 is 2.24 bits per heavy atom. The van der Waals surface area contributed by atoms with Gasteiger partial charge in [-0.1, -0.05) is 6.07 Å². The number of ether oxygens (including phenoxy) is 1. The standard InChI is InChI=1S/C16H22N2O3/c1-12-8-13(2)10-15(9-12)18(14(3)19)11-16(20)17-4-6-21-7-5-17/h8-10H,4-7,11H2,1-3H3. The van der Waals surface area contributed by atoms with E-state index in [0.717, 1.165) is 16.8 Å². The average Bonchev–Trinajstić information content (AvgIpc) is 2.44. The van der Waals surface area contributed by atoms with Crippen LogP contribution in [-0.2, 0) is 14.3 Å². The lowest BCUT2D eigenvalue weighted by Crippen LogP contribution is -2.46. The first-order valence-corrected chi connectivity index (χ1v) is 7.19. The van der Waals surface area contributed by atoms with Crippen LogP contribution in [0.3, 0.4) is 0 Å². The summed E-state index contributed by atoms with van der Waals surface area (Å²) in [5.74, 6) is -0.158. The van der Waals surface area contributed by atoms with Crippen LogP contribution in [0.15, 0.2) is 18.2 Å². The Hall–Kier alpha value is -1.88. The zero-order chi connectivity index (χ0) is 15.4. The van der Waals surface area contributed by atoms with Crippen molar-refractivity contribution in [3.63, 3.8) is 0 Å². The van der Waals surface area contributed by atoms with Crippen molar-refractivity contribution >= 4 is 17.5 Å². The predicted octanol–water partition coefficient (Wildman–Crippen LogP) is 1.52. The van der Waals surface area contributed by atoms with E-state index in [1.54, 1.807) is 4.90 Å². The van der Waals surface area contributed by atoms with Gasteiger partial charge in [0.05, 0.1) is 13.2 Å². The van der Waals surface area contributed by atoms with E-state index in [9.17, 15) is 9.59 Å². The molecule has 2 rings (SSSR count). The predicted molar refractivity (Wildman–Crippen MR) is 81.3 cm³/mol. The number of aryl methyl sites for hydroxylation is 2. The summed E-state index contributed by atoms with van der Waals surface area (Å²) >= 11 is 0. The number of carbonyl (C=O) groups excluding carboxylic acids is 2. The van der Waals surface area contributed by atoms with Gasteiger partial charge in [-0.25, -0.2) is 0 Å². The van der Waals surface area contributed by atoms with Crippen LogP contribution in [0.4, 0.5) is 5.69 Å². The van der Waals surface area contributed by atoms with Crippen molar-refractivity contribution in [1.29, 1.82) is 0 Å². The van der Waals surface area contributed by atoms with Crippen LogP contribution in [0, 0.1) is 13.8 Å². The number of rotatable bonds is 3. The van der Waals surface area contributed by atoms with Crippen LogP contribution in [0.25, 0.3) is 0 Å². The lowest BCUT2D eigenvalue weighted by Gasteiger charge is -2.30. The second-order valence-corrected chi connectivity index (χ2v) is 5.44.